The third kappa shape index (κ3) is 4.69. The summed E-state index contributed by atoms with van der Waals surface area (Å²) in [5.74, 6) is 0.593. The maximum Gasteiger partial charge on any atom is 0.416 e. The first-order chi connectivity index (χ1) is 8.47. The van der Waals surface area contributed by atoms with Crippen LogP contribution in [0.3, 0.4) is 0 Å². The van der Waals surface area contributed by atoms with E-state index in [0.717, 1.165) is 25.5 Å². The van der Waals surface area contributed by atoms with Crippen molar-refractivity contribution in [3.8, 4) is 0 Å². The van der Waals surface area contributed by atoms with E-state index < -0.39 is 11.7 Å². The first-order valence-electron chi connectivity index (χ1n) is 6.34. The molecule has 0 amide bonds. The molecule has 1 aromatic rings. The largest absolute Gasteiger partial charge is 0.416 e. The summed E-state index contributed by atoms with van der Waals surface area (Å²) < 4.78 is 37.5. The van der Waals surface area contributed by atoms with Crippen LogP contribution in [-0.2, 0) is 12.7 Å². The minimum atomic E-state index is -4.26. The van der Waals surface area contributed by atoms with Crippen molar-refractivity contribution in [3.05, 3.63) is 35.4 Å². The molecule has 0 aliphatic heterocycles. The minimum Gasteiger partial charge on any atom is -0.312 e. The zero-order chi connectivity index (χ0) is 13.6. The number of hydrogen-bond donors (Lipinski definition) is 1. The van der Waals surface area contributed by atoms with Crippen LogP contribution in [0.15, 0.2) is 24.3 Å². The van der Waals surface area contributed by atoms with Gasteiger partial charge < -0.3 is 5.32 Å². The number of hydrogen-bond acceptors (Lipinski definition) is 1. The first-order valence-corrected chi connectivity index (χ1v) is 6.34. The number of halogens is 3. The van der Waals surface area contributed by atoms with E-state index in [1.54, 1.807) is 6.07 Å². The van der Waals surface area contributed by atoms with E-state index in [1.807, 2.05) is 0 Å². The molecule has 0 spiro atoms. The second-order valence-corrected chi connectivity index (χ2v) is 4.51. The number of benzene rings is 1. The summed E-state index contributed by atoms with van der Waals surface area (Å²) in [5, 5.41) is 3.21. The van der Waals surface area contributed by atoms with Gasteiger partial charge in [-0.05, 0) is 24.1 Å². The number of alkyl halides is 3. The average Bonchev–Trinajstić information content (AvgIpc) is 2.34. The van der Waals surface area contributed by atoms with Gasteiger partial charge >= 0.3 is 6.18 Å². The van der Waals surface area contributed by atoms with Crippen LogP contribution >= 0.6 is 0 Å². The van der Waals surface area contributed by atoms with Crippen LogP contribution in [0, 0.1) is 5.92 Å². The molecule has 1 nitrogen and oxygen atoms in total. The lowest BCUT2D eigenvalue weighted by molar-refractivity contribution is -0.137. The lowest BCUT2D eigenvalue weighted by atomic mass is 10.0. The predicted octanol–water partition coefficient (Wildman–Crippen LogP) is 4.23. The molecule has 0 saturated heterocycles. The molecule has 18 heavy (non-hydrogen) atoms. The zero-order valence-corrected chi connectivity index (χ0v) is 10.8. The Morgan fingerprint density at radius 3 is 2.39 bits per heavy atom. The summed E-state index contributed by atoms with van der Waals surface area (Å²) in [7, 11) is 0. The van der Waals surface area contributed by atoms with Crippen LogP contribution in [0.5, 0.6) is 0 Å². The minimum absolute atomic E-state index is 0.487. The quantitative estimate of drug-likeness (QED) is 0.806. The van der Waals surface area contributed by atoms with Gasteiger partial charge in [0.1, 0.15) is 0 Å². The highest BCUT2D eigenvalue weighted by molar-refractivity contribution is 5.25. The molecule has 0 aliphatic rings. The van der Waals surface area contributed by atoms with E-state index in [2.05, 4.69) is 19.2 Å². The summed E-state index contributed by atoms with van der Waals surface area (Å²) in [6, 6.07) is 5.48. The van der Waals surface area contributed by atoms with Gasteiger partial charge in [-0.1, -0.05) is 44.9 Å². The number of rotatable bonds is 6. The summed E-state index contributed by atoms with van der Waals surface area (Å²) >= 11 is 0. The van der Waals surface area contributed by atoms with Crippen LogP contribution in [0.25, 0.3) is 0 Å². The fourth-order valence-corrected chi connectivity index (χ4v) is 1.86. The molecule has 0 unspecified atom stereocenters. The molecular formula is C14H20F3N. The van der Waals surface area contributed by atoms with E-state index in [4.69, 9.17) is 0 Å². The number of nitrogens with one attached hydrogen (secondary N) is 1. The Bertz CT molecular complexity index is 356. The molecule has 1 rings (SSSR count). The van der Waals surface area contributed by atoms with Crippen molar-refractivity contribution in [3.63, 3.8) is 0 Å². The van der Waals surface area contributed by atoms with Crippen molar-refractivity contribution in [1.29, 1.82) is 0 Å². The van der Waals surface area contributed by atoms with Gasteiger partial charge in [0.05, 0.1) is 5.56 Å². The predicted molar refractivity (Wildman–Crippen MR) is 67.2 cm³/mol. The van der Waals surface area contributed by atoms with Crippen LogP contribution < -0.4 is 5.32 Å². The summed E-state index contributed by atoms with van der Waals surface area (Å²) in [6.45, 7) is 5.59. The fraction of sp³-hybridized carbons (Fsp3) is 0.571. The van der Waals surface area contributed by atoms with E-state index in [9.17, 15) is 13.2 Å². The topological polar surface area (TPSA) is 12.0 Å². The van der Waals surface area contributed by atoms with E-state index in [1.165, 1.54) is 12.1 Å². The Morgan fingerprint density at radius 2 is 1.83 bits per heavy atom. The van der Waals surface area contributed by atoms with Gasteiger partial charge in [0.2, 0.25) is 0 Å². The molecule has 0 aromatic heterocycles. The molecule has 1 N–H and O–H groups in total. The summed E-state index contributed by atoms with van der Waals surface area (Å²) in [5.41, 5.74) is 0.0973. The van der Waals surface area contributed by atoms with Crippen LogP contribution in [0.2, 0.25) is 0 Å². The summed E-state index contributed by atoms with van der Waals surface area (Å²) in [6.07, 6.45) is -2.08. The van der Waals surface area contributed by atoms with Crippen LogP contribution in [0.1, 0.15) is 37.8 Å². The lowest BCUT2D eigenvalue weighted by Gasteiger charge is -2.14. The average molecular weight is 259 g/mol. The second kappa shape index (κ2) is 6.78. The molecule has 0 atom stereocenters. The zero-order valence-electron chi connectivity index (χ0n) is 10.8. The molecule has 4 heteroatoms. The SMILES string of the molecule is CCC(CC)CNCc1cccc(C(F)(F)F)c1. The van der Waals surface area contributed by atoms with Crippen molar-refractivity contribution >= 4 is 0 Å². The molecule has 0 aliphatic carbocycles. The molecule has 0 fully saturated rings. The molecular weight excluding hydrogens is 239 g/mol. The third-order valence-electron chi connectivity index (χ3n) is 3.17. The maximum absolute atomic E-state index is 12.5. The van der Waals surface area contributed by atoms with Crippen molar-refractivity contribution in [2.75, 3.05) is 6.54 Å². The second-order valence-electron chi connectivity index (χ2n) is 4.51. The highest BCUT2D eigenvalue weighted by Crippen LogP contribution is 2.29. The van der Waals surface area contributed by atoms with Gasteiger partial charge in [-0.3, -0.25) is 0 Å². The molecule has 0 heterocycles. The maximum atomic E-state index is 12.5. The van der Waals surface area contributed by atoms with Gasteiger partial charge in [0.25, 0.3) is 0 Å². The van der Waals surface area contributed by atoms with E-state index in [-0.39, 0.29) is 0 Å². The van der Waals surface area contributed by atoms with Gasteiger partial charge in [-0.25, -0.2) is 0 Å². The fourth-order valence-electron chi connectivity index (χ4n) is 1.86. The van der Waals surface area contributed by atoms with E-state index >= 15 is 0 Å². The van der Waals surface area contributed by atoms with Crippen molar-refractivity contribution in [2.24, 2.45) is 5.92 Å². The Hall–Kier alpha value is -1.03. The molecule has 102 valence electrons. The van der Waals surface area contributed by atoms with Crippen molar-refractivity contribution < 1.29 is 13.2 Å². The Balaban J connectivity index is 2.53. The van der Waals surface area contributed by atoms with Crippen LogP contribution in [-0.4, -0.2) is 6.54 Å². The lowest BCUT2D eigenvalue weighted by Crippen LogP contribution is -2.21. The van der Waals surface area contributed by atoms with Gasteiger partial charge in [0, 0.05) is 6.54 Å². The standard InChI is InChI=1S/C14H20F3N/c1-3-11(4-2)9-18-10-12-6-5-7-13(8-12)14(15,16)17/h5-8,11,18H,3-4,9-10H2,1-2H3. The summed E-state index contributed by atoms with van der Waals surface area (Å²) in [4.78, 5) is 0. The molecule has 1 aromatic carbocycles. The van der Waals surface area contributed by atoms with E-state index in [0.29, 0.717) is 18.0 Å². The normalized spacial score (nSPS) is 12.1. The molecule has 0 bridgehead atoms. The van der Waals surface area contributed by atoms with Crippen molar-refractivity contribution in [2.45, 2.75) is 39.4 Å². The van der Waals surface area contributed by atoms with Gasteiger partial charge in [0.15, 0.2) is 0 Å². The Labute approximate surface area is 106 Å². The van der Waals surface area contributed by atoms with Crippen molar-refractivity contribution in [1.82, 2.24) is 5.32 Å². The molecule has 0 saturated carbocycles. The molecule has 0 radical (unpaired) electrons. The smallest absolute Gasteiger partial charge is 0.312 e. The first kappa shape index (κ1) is 15.0. The Morgan fingerprint density at radius 1 is 1.17 bits per heavy atom. The highest BCUT2D eigenvalue weighted by atomic mass is 19.4. The van der Waals surface area contributed by atoms with Crippen LogP contribution in [0.4, 0.5) is 13.2 Å². The Kier molecular flexibility index (Phi) is 5.66. The monoisotopic (exact) mass is 259 g/mol. The van der Waals surface area contributed by atoms with Gasteiger partial charge in [-0.2, -0.15) is 13.2 Å². The highest BCUT2D eigenvalue weighted by Gasteiger charge is 2.30. The van der Waals surface area contributed by atoms with Gasteiger partial charge in [-0.15, -0.1) is 0 Å². The third-order valence-corrected chi connectivity index (χ3v) is 3.17.